The van der Waals surface area contributed by atoms with Crippen molar-refractivity contribution in [1.29, 1.82) is 0 Å². The molecular weight excluding hydrogens is 773 g/mol. The van der Waals surface area contributed by atoms with Crippen molar-refractivity contribution < 1.29 is 32.4 Å². The van der Waals surface area contributed by atoms with E-state index in [1.54, 1.807) is 25.7 Å². The average Bonchev–Trinajstić information content (AvgIpc) is 3.87. The maximum absolute atomic E-state index is 14.5. The third-order valence-electron chi connectivity index (χ3n) is 10.8. The summed E-state index contributed by atoms with van der Waals surface area (Å²) in [5.41, 5.74) is -0.714. The van der Waals surface area contributed by atoms with Gasteiger partial charge in [-0.15, -0.1) is 0 Å². The van der Waals surface area contributed by atoms with Gasteiger partial charge in [-0.2, -0.15) is 0 Å². The fraction of sp³-hybridized carbons (Fsp3) is 0.750. The van der Waals surface area contributed by atoms with Gasteiger partial charge in [0.2, 0.25) is 0 Å². The van der Waals surface area contributed by atoms with Crippen LogP contribution < -0.4 is 19.5 Å². The first kappa shape index (κ1) is 40.3. The number of nitrogens with one attached hydrogen (secondary N) is 4. The van der Waals surface area contributed by atoms with E-state index in [0.29, 0.717) is 30.2 Å². The zero-order valence-electron chi connectivity index (χ0n) is 31.0. The topological polar surface area (TPSA) is 171 Å². The number of carbonyl (C=O) groups excluding carboxylic acids is 5. The Morgan fingerprint density at radius 2 is 1.68 bits per heavy atom. The van der Waals surface area contributed by atoms with Crippen LogP contribution in [0.3, 0.4) is 0 Å². The molecule has 0 aromatic carbocycles. The van der Waals surface area contributed by atoms with Crippen molar-refractivity contribution in [3.63, 3.8) is 0 Å². The Morgan fingerprint density at radius 1 is 1.06 bits per heavy atom. The third kappa shape index (κ3) is 9.11. The molecule has 5 amide bonds. The predicted molar refractivity (Wildman–Crippen MR) is 203 cm³/mol. The molecule has 14 heteroatoms. The van der Waals surface area contributed by atoms with Crippen molar-refractivity contribution in [3.05, 3.63) is 24.3 Å². The number of allylic oxidation sites excluding steroid dienone is 2. The van der Waals surface area contributed by atoms with Gasteiger partial charge in [0.15, 0.2) is 0 Å². The van der Waals surface area contributed by atoms with E-state index in [-0.39, 0.29) is 29.5 Å². The van der Waals surface area contributed by atoms with E-state index >= 15 is 0 Å². The molecule has 1 heterocycles. The number of piperidine rings is 1. The Balaban J connectivity index is 1.55. The Morgan fingerprint density at radius 3 is 2.22 bits per heavy atom. The van der Waals surface area contributed by atoms with Gasteiger partial charge in [0.05, 0.1) is 4.75 Å². The van der Waals surface area contributed by atoms with Gasteiger partial charge in [-0.3, -0.25) is 0 Å². The van der Waals surface area contributed by atoms with Crippen LogP contribution in [0.1, 0.15) is 100 Å². The van der Waals surface area contributed by atoms with E-state index in [0.717, 1.165) is 25.7 Å². The number of alkyl halides is 1. The van der Waals surface area contributed by atoms with Crippen LogP contribution in [0.25, 0.3) is 0 Å². The van der Waals surface area contributed by atoms with Crippen LogP contribution in [0.2, 0.25) is 0 Å². The minimum absolute atomic E-state index is 0.0650. The molecule has 4 atom stereocenters. The zero-order valence-corrected chi connectivity index (χ0v) is 34.0. The van der Waals surface area contributed by atoms with E-state index < -0.39 is 85.3 Å². The van der Waals surface area contributed by atoms with Crippen LogP contribution in [-0.4, -0.2) is 86.5 Å². The SMILES string of the molecule is C=CCNC(=O)C(=O)I(CCC1=CC1)NC(=O)[C@@H]1C2C(CN1C(=O)[C@@H](NC(=O)NC1(CS(=O)(=O)C(C)(C)C)CCCCC1)C(C)(C)C)C2(C)C. The molecule has 282 valence electrons. The van der Waals surface area contributed by atoms with Gasteiger partial charge >= 0.3 is 267 Å². The molecule has 1 aliphatic heterocycles. The van der Waals surface area contributed by atoms with E-state index in [1.807, 2.05) is 20.8 Å². The number of urea groups is 1. The molecule has 4 aliphatic rings. The second-order valence-electron chi connectivity index (χ2n) is 17.1. The summed E-state index contributed by atoms with van der Waals surface area (Å²) in [4.78, 5) is 69.9. The minimum atomic E-state index is -3.56. The molecular formula is C36H58IN5O7S. The van der Waals surface area contributed by atoms with Gasteiger partial charge in [0.25, 0.3) is 0 Å². The second-order valence-corrected chi connectivity index (χ2v) is 24.5. The number of fused-ring (bicyclic) bond motifs is 1. The molecule has 0 aromatic heterocycles. The quantitative estimate of drug-likeness (QED) is 0.0508. The zero-order chi connectivity index (χ0) is 37.4. The number of sulfone groups is 1. The first-order valence-electron chi connectivity index (χ1n) is 17.7. The number of amides is 5. The maximum atomic E-state index is 14.5. The number of carbonyl (C=O) groups is 5. The first-order chi connectivity index (χ1) is 23.0. The first-order valence-corrected chi connectivity index (χ1v) is 23.1. The molecule has 3 fully saturated rings. The van der Waals surface area contributed by atoms with E-state index in [9.17, 15) is 32.4 Å². The number of likely N-dealkylation sites (tertiary alicyclic amines) is 1. The van der Waals surface area contributed by atoms with Crippen LogP contribution in [0.15, 0.2) is 24.3 Å². The Bertz CT molecular complexity index is 1520. The van der Waals surface area contributed by atoms with Crippen LogP contribution in [-0.2, 0) is 29.0 Å². The summed E-state index contributed by atoms with van der Waals surface area (Å²) in [6.07, 6.45) is 8.61. The molecule has 2 saturated carbocycles. The normalized spacial score (nSPS) is 24.5. The molecule has 0 spiro atoms. The number of hydrogen-bond donors (Lipinski definition) is 4. The van der Waals surface area contributed by atoms with Gasteiger partial charge in [-0.05, 0) is 20.8 Å². The van der Waals surface area contributed by atoms with E-state index in [1.165, 1.54) is 11.6 Å². The summed E-state index contributed by atoms with van der Waals surface area (Å²) < 4.78 is 28.5. The van der Waals surface area contributed by atoms with Gasteiger partial charge < -0.3 is 0 Å². The van der Waals surface area contributed by atoms with Crippen molar-refractivity contribution in [2.24, 2.45) is 22.7 Å². The van der Waals surface area contributed by atoms with E-state index in [2.05, 4.69) is 46.0 Å². The molecule has 12 nitrogen and oxygen atoms in total. The van der Waals surface area contributed by atoms with Crippen molar-refractivity contribution >= 4 is 57.5 Å². The number of rotatable bonds is 14. The average molecular weight is 832 g/mol. The number of halogens is 1. The summed E-state index contributed by atoms with van der Waals surface area (Å²) in [7, 11) is -3.56. The molecule has 4 N–H and O–H groups in total. The van der Waals surface area contributed by atoms with Crippen LogP contribution in [0.4, 0.5) is 4.79 Å². The van der Waals surface area contributed by atoms with Crippen molar-refractivity contribution in [2.45, 2.75) is 123 Å². The van der Waals surface area contributed by atoms with Gasteiger partial charge in [0.1, 0.15) is 0 Å². The number of hydrogen-bond acceptors (Lipinski definition) is 7. The van der Waals surface area contributed by atoms with Crippen molar-refractivity contribution in [1.82, 2.24) is 24.4 Å². The van der Waals surface area contributed by atoms with Crippen LogP contribution >= 0.6 is 20.1 Å². The molecule has 2 unspecified atom stereocenters. The summed E-state index contributed by atoms with van der Waals surface area (Å²) in [6.45, 7) is 18.7. The summed E-state index contributed by atoms with van der Waals surface area (Å²) in [5.74, 6) is -1.84. The summed E-state index contributed by atoms with van der Waals surface area (Å²) in [5, 5.41) is 8.44. The molecule has 4 rings (SSSR count). The predicted octanol–water partition coefficient (Wildman–Crippen LogP) is 4.19. The molecule has 0 bridgehead atoms. The molecule has 50 heavy (non-hydrogen) atoms. The van der Waals surface area contributed by atoms with Gasteiger partial charge in [0, 0.05) is 0 Å². The Hall–Kier alpha value is -2.49. The van der Waals surface area contributed by atoms with Crippen LogP contribution in [0.5, 0.6) is 0 Å². The number of nitrogens with zero attached hydrogens (tertiary/aromatic N) is 1. The molecule has 1 saturated heterocycles. The monoisotopic (exact) mass is 831 g/mol. The standard InChI is InChI=1S/C36H58IN5O7S/c1-10-20-38-30(45)28(43)37(19-16-23-14-15-23)41-29(44)26-25-24(35(25,8)9)21-42(26)31(46)27(33(2,3)4)39-32(47)40-36(17-12-11-13-18-36)22-50(48,49)34(5,6)7/h10,14,24-27H,1,11-13,15-22H2,2-9H3,(H,38,45)(H,41,44)(H2,39,40,47)/t24?,25?,26-,27+/m0/s1. The van der Waals surface area contributed by atoms with Gasteiger partial charge in [-0.1, -0.05) is 6.42 Å². The van der Waals surface area contributed by atoms with Gasteiger partial charge in [-0.25, -0.2) is 8.42 Å². The van der Waals surface area contributed by atoms with Crippen molar-refractivity contribution in [3.8, 4) is 0 Å². The van der Waals surface area contributed by atoms with E-state index in [4.69, 9.17) is 0 Å². The molecule has 3 aliphatic carbocycles. The molecule has 0 aromatic rings. The van der Waals surface area contributed by atoms with Crippen molar-refractivity contribution in [2.75, 3.05) is 23.3 Å². The summed E-state index contributed by atoms with van der Waals surface area (Å²) >= 11 is -3.03. The fourth-order valence-electron chi connectivity index (χ4n) is 7.32. The Kier molecular flexibility index (Phi) is 12.0. The fourth-order valence-corrected chi connectivity index (χ4v) is 12.8. The third-order valence-corrected chi connectivity index (χ3v) is 18.1. The molecule has 0 radical (unpaired) electrons. The second kappa shape index (κ2) is 14.9. The van der Waals surface area contributed by atoms with Crippen LogP contribution in [0, 0.1) is 22.7 Å². The Labute approximate surface area is 305 Å². The summed E-state index contributed by atoms with van der Waals surface area (Å²) in [6, 6.07) is -2.50.